The van der Waals surface area contributed by atoms with Crippen LogP contribution in [0.2, 0.25) is 5.67 Å². The van der Waals surface area contributed by atoms with Crippen molar-refractivity contribution >= 4 is 23.5 Å². The Morgan fingerprint density at radius 3 is 2.18 bits per heavy atom. The minimum absolute atomic E-state index is 0.412. The van der Waals surface area contributed by atoms with Crippen molar-refractivity contribution in [3.63, 3.8) is 0 Å². The Hall–Kier alpha value is -0.466. The van der Waals surface area contributed by atoms with Gasteiger partial charge in [-0.15, -0.1) is 0 Å². The summed E-state index contributed by atoms with van der Waals surface area (Å²) in [6.45, 7) is 4.34. The molecule has 0 heterocycles. The highest BCUT2D eigenvalue weighted by molar-refractivity contribution is 6.75. The molecule has 17 heavy (non-hydrogen) atoms. The maximum absolute atomic E-state index is 5.46. The topological polar surface area (TPSA) is 27.7 Å². The monoisotopic (exact) mass is 270 g/mol. The van der Waals surface area contributed by atoms with Crippen LogP contribution in [0.5, 0.6) is 0 Å². The molecule has 0 N–H and O–H groups in total. The molecule has 0 aliphatic carbocycles. The average molecular weight is 270 g/mol. The van der Waals surface area contributed by atoms with Crippen LogP contribution in [0.4, 0.5) is 0 Å². The molecule has 3 nitrogen and oxygen atoms in total. The fourth-order valence-electron chi connectivity index (χ4n) is 1.93. The van der Waals surface area contributed by atoms with Gasteiger partial charge in [-0.05, 0) is 25.0 Å². The predicted molar refractivity (Wildman–Crippen MR) is 75.7 cm³/mol. The molecule has 0 aromatic heterocycles. The molecule has 0 aliphatic rings. The summed E-state index contributed by atoms with van der Waals surface area (Å²) in [5, 5.41) is 1.48. The van der Waals surface area contributed by atoms with Gasteiger partial charge in [-0.1, -0.05) is 23.4 Å². The normalized spacial score (nSPS) is 12.5. The molecule has 0 spiro atoms. The summed E-state index contributed by atoms with van der Waals surface area (Å²) in [5.74, 6) is 0. The van der Waals surface area contributed by atoms with Crippen LogP contribution in [0.15, 0.2) is 18.2 Å². The minimum atomic E-state index is -2.38. The first-order chi connectivity index (χ1) is 8.08. The van der Waals surface area contributed by atoms with E-state index in [9.17, 15) is 0 Å². The molecular formula is C12H22O3Si2. The van der Waals surface area contributed by atoms with Gasteiger partial charge in [-0.3, -0.25) is 0 Å². The quantitative estimate of drug-likeness (QED) is 0.720. The van der Waals surface area contributed by atoms with E-state index in [2.05, 4.69) is 32.0 Å². The molecule has 0 atom stereocenters. The Morgan fingerprint density at radius 2 is 1.65 bits per heavy atom. The fraction of sp³-hybridized carbons (Fsp3) is 0.500. The van der Waals surface area contributed by atoms with Crippen molar-refractivity contribution in [2.75, 3.05) is 21.3 Å². The lowest BCUT2D eigenvalue weighted by molar-refractivity contribution is 0.129. The summed E-state index contributed by atoms with van der Waals surface area (Å²) < 4.78 is 16.4. The predicted octanol–water partition coefficient (Wildman–Crippen LogP) is 0.933. The molecule has 96 valence electrons. The van der Waals surface area contributed by atoms with E-state index in [0.29, 0.717) is 0 Å². The van der Waals surface area contributed by atoms with Crippen molar-refractivity contribution in [2.24, 2.45) is 0 Å². The van der Waals surface area contributed by atoms with E-state index >= 15 is 0 Å². The highest BCUT2D eigenvalue weighted by Crippen LogP contribution is 2.12. The van der Waals surface area contributed by atoms with E-state index in [4.69, 9.17) is 13.3 Å². The molecule has 0 radical (unpaired) electrons. The zero-order chi connectivity index (χ0) is 12.9. The standard InChI is InChI=1S/C12H22O3Si2/c1-10-7-6-8-12(11(10)2)16-9-17(13-3,14-4)15-5/h6-8H,9,16H2,1-5H3. The van der Waals surface area contributed by atoms with Gasteiger partial charge in [0.15, 0.2) is 0 Å². The number of aryl methyl sites for hydroxylation is 1. The van der Waals surface area contributed by atoms with Crippen LogP contribution in [-0.2, 0) is 13.3 Å². The Bertz CT molecular complexity index is 357. The third-order valence-corrected chi connectivity index (χ3v) is 9.97. The molecule has 0 fully saturated rings. The van der Waals surface area contributed by atoms with Gasteiger partial charge in [-0.2, -0.15) is 0 Å². The van der Waals surface area contributed by atoms with Gasteiger partial charge in [-0.25, -0.2) is 0 Å². The zero-order valence-electron chi connectivity index (χ0n) is 11.4. The van der Waals surface area contributed by atoms with Crippen LogP contribution in [0.1, 0.15) is 11.1 Å². The highest BCUT2D eigenvalue weighted by Gasteiger charge is 2.37. The summed E-state index contributed by atoms with van der Waals surface area (Å²) in [6, 6.07) is 6.50. The number of hydrogen-bond donors (Lipinski definition) is 0. The highest BCUT2D eigenvalue weighted by atomic mass is 28.4. The molecule has 1 rings (SSSR count). The van der Waals surface area contributed by atoms with E-state index in [-0.39, 0.29) is 0 Å². The Labute approximate surface area is 107 Å². The smallest absolute Gasteiger partial charge is 0.377 e. The van der Waals surface area contributed by atoms with E-state index in [1.54, 1.807) is 21.3 Å². The van der Waals surface area contributed by atoms with Gasteiger partial charge in [0.05, 0.1) is 9.52 Å². The molecule has 0 amide bonds. The maximum atomic E-state index is 5.46. The van der Waals surface area contributed by atoms with Crippen molar-refractivity contribution in [2.45, 2.75) is 19.5 Å². The SMILES string of the molecule is CO[Si](C[SiH2]c1cccc(C)c1C)(OC)OC. The van der Waals surface area contributed by atoms with Gasteiger partial charge >= 0.3 is 8.80 Å². The summed E-state index contributed by atoms with van der Waals surface area (Å²) in [7, 11) is 2.24. The molecule has 5 heteroatoms. The van der Waals surface area contributed by atoms with Crippen LogP contribution in [-0.4, -0.2) is 39.7 Å². The molecule has 0 unspecified atom stereocenters. The van der Waals surface area contributed by atoms with Gasteiger partial charge in [0.2, 0.25) is 0 Å². The Kier molecular flexibility index (Phi) is 5.55. The van der Waals surface area contributed by atoms with Crippen LogP contribution < -0.4 is 5.19 Å². The third-order valence-electron chi connectivity index (χ3n) is 3.35. The first-order valence-electron chi connectivity index (χ1n) is 5.79. The van der Waals surface area contributed by atoms with E-state index < -0.39 is 18.3 Å². The second-order valence-electron chi connectivity index (χ2n) is 4.15. The molecular weight excluding hydrogens is 248 g/mol. The van der Waals surface area contributed by atoms with Gasteiger partial charge in [0.25, 0.3) is 0 Å². The summed E-state index contributed by atoms with van der Waals surface area (Å²) in [4.78, 5) is 0. The van der Waals surface area contributed by atoms with Crippen molar-refractivity contribution in [3.05, 3.63) is 29.3 Å². The van der Waals surface area contributed by atoms with Crippen molar-refractivity contribution in [1.82, 2.24) is 0 Å². The van der Waals surface area contributed by atoms with Crippen molar-refractivity contribution in [1.29, 1.82) is 0 Å². The van der Waals surface area contributed by atoms with Gasteiger partial charge < -0.3 is 13.3 Å². The number of benzene rings is 1. The number of hydrogen-bond acceptors (Lipinski definition) is 3. The van der Waals surface area contributed by atoms with Crippen LogP contribution >= 0.6 is 0 Å². The van der Waals surface area contributed by atoms with Crippen molar-refractivity contribution < 1.29 is 13.3 Å². The van der Waals surface area contributed by atoms with Gasteiger partial charge in [0.1, 0.15) is 0 Å². The summed E-state index contributed by atoms with van der Waals surface area (Å²) >= 11 is 0. The van der Waals surface area contributed by atoms with E-state index in [1.165, 1.54) is 16.3 Å². The van der Waals surface area contributed by atoms with E-state index in [0.717, 1.165) is 5.67 Å². The lowest BCUT2D eigenvalue weighted by Crippen LogP contribution is -2.45. The fourth-order valence-corrected chi connectivity index (χ4v) is 8.13. The van der Waals surface area contributed by atoms with Crippen molar-refractivity contribution in [3.8, 4) is 0 Å². The lowest BCUT2D eigenvalue weighted by Gasteiger charge is -2.24. The molecule has 0 aliphatic heterocycles. The van der Waals surface area contributed by atoms with Crippen LogP contribution in [0.25, 0.3) is 0 Å². The Balaban J connectivity index is 2.75. The first-order valence-corrected chi connectivity index (χ1v) is 9.43. The largest absolute Gasteiger partial charge is 0.497 e. The average Bonchev–Trinajstić information content (AvgIpc) is 2.36. The molecule has 1 aromatic carbocycles. The maximum Gasteiger partial charge on any atom is 0.497 e. The second kappa shape index (κ2) is 6.46. The summed E-state index contributed by atoms with van der Waals surface area (Å²) in [6.07, 6.45) is 0. The summed E-state index contributed by atoms with van der Waals surface area (Å²) in [5.41, 5.74) is 3.71. The first kappa shape index (κ1) is 14.6. The molecule has 0 saturated carbocycles. The molecule has 0 bridgehead atoms. The number of rotatable bonds is 6. The lowest BCUT2D eigenvalue weighted by atomic mass is 10.1. The van der Waals surface area contributed by atoms with E-state index in [1.807, 2.05) is 0 Å². The third kappa shape index (κ3) is 3.49. The second-order valence-corrected chi connectivity index (χ2v) is 10.0. The molecule has 0 saturated heterocycles. The zero-order valence-corrected chi connectivity index (χ0v) is 13.8. The van der Waals surface area contributed by atoms with Gasteiger partial charge in [0, 0.05) is 27.0 Å². The molecule has 1 aromatic rings. The van der Waals surface area contributed by atoms with Crippen LogP contribution in [0, 0.1) is 13.8 Å². The Morgan fingerprint density at radius 1 is 1.06 bits per heavy atom. The van der Waals surface area contributed by atoms with Crippen LogP contribution in [0.3, 0.4) is 0 Å². The minimum Gasteiger partial charge on any atom is -0.377 e.